The molecule has 8 nitrogen and oxygen atoms in total. The summed E-state index contributed by atoms with van der Waals surface area (Å²) in [5.41, 5.74) is 0.385. The molecule has 1 aliphatic rings. The van der Waals surface area contributed by atoms with E-state index in [0.29, 0.717) is 5.56 Å². The topological polar surface area (TPSA) is 119 Å². The minimum atomic E-state index is -0.942. The Kier molecular flexibility index (Phi) is 6.24. The first-order valence-corrected chi connectivity index (χ1v) is 10.7. The van der Waals surface area contributed by atoms with E-state index in [1.807, 2.05) is 0 Å². The van der Waals surface area contributed by atoms with Gasteiger partial charge in [0.1, 0.15) is 22.4 Å². The lowest BCUT2D eigenvalue weighted by molar-refractivity contribution is -0.126. The van der Waals surface area contributed by atoms with Crippen molar-refractivity contribution in [2.75, 3.05) is 6.61 Å². The molecule has 9 heteroatoms. The Hall–Kier alpha value is -3.59. The van der Waals surface area contributed by atoms with Crippen LogP contribution in [0.1, 0.15) is 47.7 Å². The van der Waals surface area contributed by atoms with Gasteiger partial charge < -0.3 is 14.9 Å². The largest absolute Gasteiger partial charge is 0.505 e. The fourth-order valence-corrected chi connectivity index (χ4v) is 4.01. The maximum absolute atomic E-state index is 13.3. The standard InChI is InChI=1S/C24H23FN2O6/c1-2-16(29)18-12-27-21-20(22(31)19(24(27)32)17(30)4-3-9-28)26-11-14(23(21)33-18)10-13-5-7-15(25)8-6-13/h5-8,11,18,28,31H,2-4,9-10,12H2,1H3/t18-/m0/s1. The van der Waals surface area contributed by atoms with Gasteiger partial charge in [-0.05, 0) is 24.1 Å². The lowest BCUT2D eigenvalue weighted by Crippen LogP contribution is -2.41. The first-order chi connectivity index (χ1) is 15.8. The van der Waals surface area contributed by atoms with E-state index < -0.39 is 28.8 Å². The van der Waals surface area contributed by atoms with Crippen LogP contribution in [0.2, 0.25) is 0 Å². The summed E-state index contributed by atoms with van der Waals surface area (Å²) in [7, 11) is 0. The highest BCUT2D eigenvalue weighted by Crippen LogP contribution is 2.38. The van der Waals surface area contributed by atoms with Crippen molar-refractivity contribution in [2.24, 2.45) is 0 Å². The first-order valence-electron chi connectivity index (χ1n) is 10.7. The van der Waals surface area contributed by atoms with Gasteiger partial charge in [-0.25, -0.2) is 4.39 Å². The van der Waals surface area contributed by atoms with Crippen LogP contribution in [0.15, 0.2) is 35.3 Å². The molecule has 172 valence electrons. The van der Waals surface area contributed by atoms with Gasteiger partial charge in [0.2, 0.25) is 0 Å². The number of Topliss-reactive ketones (excluding diaryl/α,β-unsaturated/α-hetero) is 2. The smallest absolute Gasteiger partial charge is 0.266 e. The highest BCUT2D eigenvalue weighted by Gasteiger charge is 2.33. The number of hydrogen-bond acceptors (Lipinski definition) is 7. The van der Waals surface area contributed by atoms with Gasteiger partial charge in [0, 0.05) is 37.6 Å². The Morgan fingerprint density at radius 2 is 2.00 bits per heavy atom. The summed E-state index contributed by atoms with van der Waals surface area (Å²) in [4.78, 5) is 42.7. The highest BCUT2D eigenvalue weighted by molar-refractivity contribution is 6.03. The Labute approximate surface area is 188 Å². The number of hydrogen-bond donors (Lipinski definition) is 2. The van der Waals surface area contributed by atoms with Crippen molar-refractivity contribution < 1.29 is 28.9 Å². The summed E-state index contributed by atoms with van der Waals surface area (Å²) in [5, 5.41) is 19.8. The van der Waals surface area contributed by atoms with Crippen LogP contribution >= 0.6 is 0 Å². The fraction of sp³-hybridized carbons (Fsp3) is 0.333. The zero-order valence-corrected chi connectivity index (χ0v) is 18.0. The Morgan fingerprint density at radius 3 is 2.67 bits per heavy atom. The third-order valence-corrected chi connectivity index (χ3v) is 5.74. The molecule has 1 aromatic carbocycles. The molecule has 0 aliphatic carbocycles. The molecule has 3 heterocycles. The predicted octanol–water partition coefficient (Wildman–Crippen LogP) is 2.53. The van der Waals surface area contributed by atoms with E-state index in [1.54, 1.807) is 19.1 Å². The molecule has 33 heavy (non-hydrogen) atoms. The lowest BCUT2D eigenvalue weighted by Gasteiger charge is -2.29. The summed E-state index contributed by atoms with van der Waals surface area (Å²) in [6.45, 7) is 1.34. The van der Waals surface area contributed by atoms with E-state index in [-0.39, 0.29) is 67.2 Å². The summed E-state index contributed by atoms with van der Waals surface area (Å²) in [5.74, 6) is -1.53. The molecule has 4 rings (SSSR count). The molecule has 1 atom stereocenters. The molecule has 0 fully saturated rings. The number of pyridine rings is 2. The van der Waals surface area contributed by atoms with Crippen LogP contribution in [0.3, 0.4) is 0 Å². The van der Waals surface area contributed by atoms with Crippen molar-refractivity contribution in [3.63, 3.8) is 0 Å². The SMILES string of the molecule is CCC(=O)[C@@H]1Cn2c(=O)c(C(=O)CCCO)c(O)c3ncc(Cc4ccc(F)cc4)c(c32)O1. The minimum Gasteiger partial charge on any atom is -0.505 e. The predicted molar refractivity (Wildman–Crippen MR) is 117 cm³/mol. The number of halogens is 1. The van der Waals surface area contributed by atoms with Crippen LogP contribution < -0.4 is 10.3 Å². The van der Waals surface area contributed by atoms with Gasteiger partial charge in [-0.3, -0.25) is 23.9 Å². The van der Waals surface area contributed by atoms with Gasteiger partial charge in [-0.15, -0.1) is 0 Å². The molecular weight excluding hydrogens is 431 g/mol. The number of ether oxygens (including phenoxy) is 1. The molecule has 0 saturated heterocycles. The molecule has 0 radical (unpaired) electrons. The molecule has 2 N–H and O–H groups in total. The number of benzene rings is 1. The second-order valence-corrected chi connectivity index (χ2v) is 7.93. The van der Waals surface area contributed by atoms with Crippen molar-refractivity contribution >= 4 is 22.6 Å². The van der Waals surface area contributed by atoms with Gasteiger partial charge >= 0.3 is 0 Å². The number of carbonyl (C=O) groups excluding carboxylic acids is 2. The van der Waals surface area contributed by atoms with Crippen LogP contribution in [0.4, 0.5) is 4.39 Å². The number of aromatic nitrogens is 2. The van der Waals surface area contributed by atoms with Gasteiger partial charge in [0.25, 0.3) is 5.56 Å². The van der Waals surface area contributed by atoms with Crippen molar-refractivity contribution in [3.05, 3.63) is 63.3 Å². The molecule has 0 unspecified atom stereocenters. The maximum Gasteiger partial charge on any atom is 0.266 e. The molecule has 0 bridgehead atoms. The van der Waals surface area contributed by atoms with Crippen molar-refractivity contribution in [2.45, 2.75) is 45.3 Å². The zero-order chi connectivity index (χ0) is 23.7. The van der Waals surface area contributed by atoms with Crippen LogP contribution in [-0.2, 0) is 17.8 Å². The highest BCUT2D eigenvalue weighted by atomic mass is 19.1. The quantitative estimate of drug-likeness (QED) is 0.502. The molecule has 0 saturated carbocycles. The van der Waals surface area contributed by atoms with Gasteiger partial charge in [-0.1, -0.05) is 19.1 Å². The summed E-state index contributed by atoms with van der Waals surface area (Å²) in [6.07, 6.45) is 1.02. The van der Waals surface area contributed by atoms with E-state index >= 15 is 0 Å². The van der Waals surface area contributed by atoms with Crippen LogP contribution in [0.25, 0.3) is 11.0 Å². The van der Waals surface area contributed by atoms with E-state index in [9.17, 15) is 23.9 Å². The van der Waals surface area contributed by atoms with Gasteiger partial charge in [-0.2, -0.15) is 0 Å². The molecule has 0 spiro atoms. The van der Waals surface area contributed by atoms with Crippen LogP contribution in [0.5, 0.6) is 11.5 Å². The van der Waals surface area contributed by atoms with Gasteiger partial charge in [0.15, 0.2) is 29.2 Å². The van der Waals surface area contributed by atoms with Crippen molar-refractivity contribution in [3.8, 4) is 11.5 Å². The third kappa shape index (κ3) is 4.11. The van der Waals surface area contributed by atoms with E-state index in [0.717, 1.165) is 5.56 Å². The molecule has 2 aromatic heterocycles. The average Bonchev–Trinajstić information content (AvgIpc) is 2.82. The summed E-state index contributed by atoms with van der Waals surface area (Å²) < 4.78 is 20.6. The number of aliphatic hydroxyl groups is 1. The lowest BCUT2D eigenvalue weighted by atomic mass is 10.0. The van der Waals surface area contributed by atoms with E-state index in [1.165, 1.54) is 22.9 Å². The number of ketones is 2. The van der Waals surface area contributed by atoms with Gasteiger partial charge in [0.05, 0.1) is 6.54 Å². The fourth-order valence-electron chi connectivity index (χ4n) is 4.01. The number of rotatable bonds is 8. The number of aromatic hydroxyl groups is 1. The molecule has 3 aromatic rings. The molecule has 1 aliphatic heterocycles. The second-order valence-electron chi connectivity index (χ2n) is 7.93. The minimum absolute atomic E-state index is 0.0159. The van der Waals surface area contributed by atoms with E-state index in [2.05, 4.69) is 4.98 Å². The van der Waals surface area contributed by atoms with Crippen LogP contribution in [-0.4, -0.2) is 44.0 Å². The maximum atomic E-state index is 13.3. The molecular formula is C24H23FN2O6. The molecule has 0 amide bonds. The van der Waals surface area contributed by atoms with Crippen LogP contribution in [0, 0.1) is 5.82 Å². The monoisotopic (exact) mass is 454 g/mol. The average molecular weight is 454 g/mol. The third-order valence-electron chi connectivity index (χ3n) is 5.74. The zero-order valence-electron chi connectivity index (χ0n) is 18.0. The Bertz CT molecular complexity index is 1300. The summed E-state index contributed by atoms with van der Waals surface area (Å²) in [6, 6.07) is 5.87. The number of aliphatic hydroxyl groups excluding tert-OH is 1. The Morgan fingerprint density at radius 1 is 1.27 bits per heavy atom. The summed E-state index contributed by atoms with van der Waals surface area (Å²) >= 11 is 0. The van der Waals surface area contributed by atoms with Crippen molar-refractivity contribution in [1.82, 2.24) is 9.55 Å². The first kappa shape index (κ1) is 22.6. The Balaban J connectivity index is 1.92. The van der Waals surface area contributed by atoms with E-state index in [4.69, 9.17) is 9.84 Å². The normalized spacial score (nSPS) is 14.8. The number of nitrogens with zero attached hydrogens (tertiary/aromatic N) is 2. The van der Waals surface area contributed by atoms with Crippen molar-refractivity contribution in [1.29, 1.82) is 0 Å². The number of carbonyl (C=O) groups is 2. The second kappa shape index (κ2) is 9.11.